The molecule has 1 aliphatic heterocycles. The summed E-state index contributed by atoms with van der Waals surface area (Å²) in [6.45, 7) is 1.88. The van der Waals surface area contributed by atoms with Gasteiger partial charge in [-0.1, -0.05) is 66.2 Å². The molecule has 1 fully saturated rings. The monoisotopic (exact) mass is 470 g/mol. The fourth-order valence-corrected chi connectivity index (χ4v) is 4.82. The van der Waals surface area contributed by atoms with Gasteiger partial charge in [-0.15, -0.1) is 0 Å². The number of amides is 1. The van der Waals surface area contributed by atoms with Gasteiger partial charge in [0.25, 0.3) is 5.91 Å². The molecule has 2 heterocycles. The maximum atomic E-state index is 13.5. The highest BCUT2D eigenvalue weighted by atomic mass is 35.5. The van der Waals surface area contributed by atoms with Gasteiger partial charge in [0.15, 0.2) is 5.17 Å². The predicted molar refractivity (Wildman–Crippen MR) is 136 cm³/mol. The Hall–Kier alpha value is -3.61. The number of amidine groups is 1. The van der Waals surface area contributed by atoms with E-state index < -0.39 is 0 Å². The average molecular weight is 471 g/mol. The average Bonchev–Trinajstić information content (AvgIpc) is 3.31. The van der Waals surface area contributed by atoms with E-state index in [0.29, 0.717) is 20.8 Å². The lowest BCUT2D eigenvalue weighted by molar-refractivity contribution is -0.113. The number of carbonyl (C=O) groups excluding carboxylic acids is 1. The Kier molecular flexibility index (Phi) is 5.86. The Balaban J connectivity index is 1.58. The minimum Gasteiger partial charge on any atom is -0.268 e. The second-order valence-corrected chi connectivity index (χ2v) is 8.72. The van der Waals surface area contributed by atoms with Crippen molar-refractivity contribution < 1.29 is 4.79 Å². The van der Waals surface area contributed by atoms with Gasteiger partial charge in [0, 0.05) is 5.56 Å². The van der Waals surface area contributed by atoms with Gasteiger partial charge in [0.1, 0.15) is 5.15 Å². The lowest BCUT2D eigenvalue weighted by Gasteiger charge is -2.15. The number of hydrogen-bond acceptors (Lipinski definition) is 4. The quantitative estimate of drug-likeness (QED) is 0.314. The molecule has 0 unspecified atom stereocenters. The summed E-state index contributed by atoms with van der Waals surface area (Å²) >= 11 is 8.03. The van der Waals surface area contributed by atoms with E-state index in [2.05, 4.69) is 5.10 Å². The fraction of sp³-hybridized carbons (Fsp3) is 0.0385. The van der Waals surface area contributed by atoms with Crippen LogP contribution in [0.4, 0.5) is 11.4 Å². The van der Waals surface area contributed by atoms with Crippen molar-refractivity contribution in [1.29, 1.82) is 0 Å². The van der Waals surface area contributed by atoms with Crippen LogP contribution in [0.15, 0.2) is 101 Å². The molecule has 1 saturated heterocycles. The predicted octanol–water partition coefficient (Wildman–Crippen LogP) is 6.64. The highest BCUT2D eigenvalue weighted by Gasteiger charge is 2.35. The molecule has 0 spiro atoms. The third-order valence-electron chi connectivity index (χ3n) is 5.13. The normalized spacial score (nSPS) is 16.2. The van der Waals surface area contributed by atoms with E-state index in [1.807, 2.05) is 97.9 Å². The number of hydrogen-bond donors (Lipinski definition) is 0. The molecule has 0 N–H and O–H groups in total. The summed E-state index contributed by atoms with van der Waals surface area (Å²) in [7, 11) is 0. The second-order valence-electron chi connectivity index (χ2n) is 7.35. The van der Waals surface area contributed by atoms with Crippen molar-refractivity contribution in [2.45, 2.75) is 6.92 Å². The number of para-hydroxylation sites is 3. The number of rotatable bonds is 4. The highest BCUT2D eigenvalue weighted by molar-refractivity contribution is 8.19. The number of anilines is 1. The van der Waals surface area contributed by atoms with E-state index in [9.17, 15) is 4.79 Å². The molecule has 0 atom stereocenters. The standard InChI is InChI=1S/C26H19ClN4OS/c1-18-22(24(27)31(29-18)21-15-9-4-10-16-21)17-23-25(32)30(20-13-7-3-8-14-20)26(33-23)28-19-11-5-2-6-12-19/h2-17H,1H3. The van der Waals surface area contributed by atoms with Crippen molar-refractivity contribution in [3.8, 4) is 5.69 Å². The van der Waals surface area contributed by atoms with Crippen molar-refractivity contribution in [3.63, 3.8) is 0 Å². The van der Waals surface area contributed by atoms with Crippen LogP contribution in [0.5, 0.6) is 0 Å². The number of halogens is 1. The zero-order chi connectivity index (χ0) is 22.8. The number of carbonyl (C=O) groups is 1. The molecule has 7 heteroatoms. The van der Waals surface area contributed by atoms with Crippen LogP contribution in [0.3, 0.4) is 0 Å². The van der Waals surface area contributed by atoms with Gasteiger partial charge in [0.2, 0.25) is 0 Å². The molecule has 0 bridgehead atoms. The molecule has 5 rings (SSSR count). The SMILES string of the molecule is Cc1nn(-c2ccccc2)c(Cl)c1C=C1SC(=Nc2ccccc2)N(c2ccccc2)C1=O. The molecule has 3 aromatic carbocycles. The van der Waals surface area contributed by atoms with E-state index in [1.54, 1.807) is 15.7 Å². The maximum absolute atomic E-state index is 13.5. The summed E-state index contributed by atoms with van der Waals surface area (Å²) in [5.74, 6) is -0.149. The van der Waals surface area contributed by atoms with E-state index in [1.165, 1.54) is 11.8 Å². The summed E-state index contributed by atoms with van der Waals surface area (Å²) in [6, 6.07) is 28.8. The van der Waals surface area contributed by atoms with Gasteiger partial charge in [-0.25, -0.2) is 9.67 Å². The molecule has 1 aliphatic rings. The van der Waals surface area contributed by atoms with Crippen LogP contribution in [0.1, 0.15) is 11.3 Å². The summed E-state index contributed by atoms with van der Waals surface area (Å²) in [5.41, 5.74) is 3.85. The van der Waals surface area contributed by atoms with E-state index in [4.69, 9.17) is 16.6 Å². The number of thioether (sulfide) groups is 1. The molecular formula is C26H19ClN4OS. The lowest BCUT2D eigenvalue weighted by Crippen LogP contribution is -2.28. The topological polar surface area (TPSA) is 50.5 Å². The van der Waals surface area contributed by atoms with Gasteiger partial charge in [-0.05, 0) is 61.2 Å². The van der Waals surface area contributed by atoms with Gasteiger partial charge >= 0.3 is 0 Å². The Bertz CT molecular complexity index is 1370. The summed E-state index contributed by atoms with van der Waals surface area (Å²) in [5, 5.41) is 5.64. The van der Waals surface area contributed by atoms with Crippen LogP contribution < -0.4 is 4.90 Å². The maximum Gasteiger partial charge on any atom is 0.271 e. The Morgan fingerprint density at radius 3 is 2.09 bits per heavy atom. The first kappa shape index (κ1) is 21.2. The summed E-state index contributed by atoms with van der Waals surface area (Å²) in [6.07, 6.45) is 1.81. The minimum absolute atomic E-state index is 0.149. The van der Waals surface area contributed by atoms with E-state index in [0.717, 1.165) is 22.8 Å². The van der Waals surface area contributed by atoms with Crippen LogP contribution in [-0.2, 0) is 4.79 Å². The van der Waals surface area contributed by atoms with Gasteiger partial charge in [0.05, 0.1) is 27.7 Å². The van der Waals surface area contributed by atoms with E-state index in [-0.39, 0.29) is 5.91 Å². The number of aromatic nitrogens is 2. The third-order valence-corrected chi connectivity index (χ3v) is 6.46. The fourth-order valence-electron chi connectivity index (χ4n) is 3.51. The number of aliphatic imine (C=N–C) groups is 1. The molecule has 0 aliphatic carbocycles. The molecule has 1 aromatic heterocycles. The minimum atomic E-state index is -0.149. The first-order chi connectivity index (χ1) is 16.1. The Labute approximate surface area is 201 Å². The number of aryl methyl sites for hydroxylation is 1. The molecule has 33 heavy (non-hydrogen) atoms. The molecule has 1 amide bonds. The van der Waals surface area contributed by atoms with E-state index >= 15 is 0 Å². The van der Waals surface area contributed by atoms with Crippen LogP contribution in [-0.4, -0.2) is 20.9 Å². The molecular weight excluding hydrogens is 452 g/mol. The van der Waals surface area contributed by atoms with Crippen LogP contribution in [0.25, 0.3) is 11.8 Å². The summed E-state index contributed by atoms with van der Waals surface area (Å²) < 4.78 is 1.68. The molecule has 4 aromatic rings. The van der Waals surface area contributed by atoms with Crippen LogP contribution in [0.2, 0.25) is 5.15 Å². The largest absolute Gasteiger partial charge is 0.271 e. The van der Waals surface area contributed by atoms with Gasteiger partial charge in [-0.2, -0.15) is 5.10 Å². The first-order valence-corrected chi connectivity index (χ1v) is 11.5. The number of nitrogens with zero attached hydrogens (tertiary/aromatic N) is 4. The van der Waals surface area contributed by atoms with Crippen LogP contribution >= 0.6 is 23.4 Å². The van der Waals surface area contributed by atoms with Crippen molar-refractivity contribution >= 4 is 51.9 Å². The van der Waals surface area contributed by atoms with Crippen molar-refractivity contribution in [2.24, 2.45) is 4.99 Å². The zero-order valence-electron chi connectivity index (χ0n) is 17.7. The molecule has 5 nitrogen and oxygen atoms in total. The van der Waals surface area contributed by atoms with Crippen molar-refractivity contribution in [3.05, 3.63) is 112 Å². The molecule has 162 valence electrons. The third kappa shape index (κ3) is 4.23. The highest BCUT2D eigenvalue weighted by Crippen LogP contribution is 2.38. The van der Waals surface area contributed by atoms with Gasteiger partial charge in [-0.3, -0.25) is 9.69 Å². The first-order valence-electron chi connectivity index (χ1n) is 10.3. The summed E-state index contributed by atoms with van der Waals surface area (Å²) in [4.78, 5) is 20.4. The Morgan fingerprint density at radius 1 is 0.879 bits per heavy atom. The van der Waals surface area contributed by atoms with Gasteiger partial charge < -0.3 is 0 Å². The van der Waals surface area contributed by atoms with Crippen LogP contribution in [0, 0.1) is 6.92 Å². The zero-order valence-corrected chi connectivity index (χ0v) is 19.3. The van der Waals surface area contributed by atoms with Crippen molar-refractivity contribution in [1.82, 2.24) is 9.78 Å². The second kappa shape index (κ2) is 9.10. The number of benzene rings is 3. The van der Waals surface area contributed by atoms with Crippen molar-refractivity contribution in [2.75, 3.05) is 4.90 Å². The smallest absolute Gasteiger partial charge is 0.268 e. The Morgan fingerprint density at radius 2 is 1.45 bits per heavy atom. The molecule has 0 radical (unpaired) electrons. The molecule has 0 saturated carbocycles. The lowest BCUT2D eigenvalue weighted by atomic mass is 10.2.